The molecule has 3 atom stereocenters. The Morgan fingerprint density at radius 2 is 1.56 bits per heavy atom. The maximum absolute atomic E-state index is 6.17. The second kappa shape index (κ2) is 10.1. The van der Waals surface area contributed by atoms with Crippen molar-refractivity contribution in [1.29, 1.82) is 0 Å². The summed E-state index contributed by atoms with van der Waals surface area (Å²) in [6.45, 7) is 9.99. The number of nitrogens with two attached hydrogens (primary N) is 1. The van der Waals surface area contributed by atoms with Gasteiger partial charge in [0.25, 0.3) is 0 Å². The van der Waals surface area contributed by atoms with E-state index in [2.05, 4.69) is 33.0 Å². The molecule has 0 rings (SSSR count). The highest BCUT2D eigenvalue weighted by atomic mass is 14.9. The van der Waals surface area contributed by atoms with E-state index in [0.717, 1.165) is 6.54 Å². The lowest BCUT2D eigenvalue weighted by Gasteiger charge is -2.22. The molecule has 0 saturated carbocycles. The average Bonchev–Trinajstić information content (AvgIpc) is 2.30. The van der Waals surface area contributed by atoms with Crippen molar-refractivity contribution in [2.45, 2.75) is 78.3 Å². The van der Waals surface area contributed by atoms with Gasteiger partial charge in [0.05, 0.1) is 0 Å². The number of hydrogen-bond donors (Lipinski definition) is 2. The van der Waals surface area contributed by atoms with Crippen molar-refractivity contribution >= 4 is 0 Å². The predicted octanol–water partition coefficient (Wildman–Crippen LogP) is 3.31. The highest BCUT2D eigenvalue weighted by molar-refractivity contribution is 4.73. The van der Waals surface area contributed by atoms with Gasteiger partial charge in [0.2, 0.25) is 0 Å². The smallest absolute Gasteiger partial charge is 0.0191 e. The maximum atomic E-state index is 6.17. The van der Waals surface area contributed by atoms with Crippen molar-refractivity contribution in [3.8, 4) is 0 Å². The van der Waals surface area contributed by atoms with Gasteiger partial charge in [-0.05, 0) is 25.7 Å². The molecule has 0 heterocycles. The Morgan fingerprint density at radius 3 is 2.12 bits per heavy atom. The van der Waals surface area contributed by atoms with Crippen molar-refractivity contribution in [2.75, 3.05) is 6.54 Å². The third kappa shape index (κ3) is 8.12. The van der Waals surface area contributed by atoms with Gasteiger partial charge in [-0.3, -0.25) is 0 Å². The van der Waals surface area contributed by atoms with Crippen LogP contribution in [0.1, 0.15) is 66.2 Å². The van der Waals surface area contributed by atoms with Crippen LogP contribution in [-0.2, 0) is 0 Å². The molecule has 0 radical (unpaired) electrons. The number of unbranched alkanes of at least 4 members (excludes halogenated alkanes) is 2. The fourth-order valence-electron chi connectivity index (χ4n) is 1.89. The van der Waals surface area contributed by atoms with E-state index in [9.17, 15) is 0 Å². The number of nitrogens with one attached hydrogen (secondary N) is 1. The van der Waals surface area contributed by atoms with E-state index in [1.165, 1.54) is 38.5 Å². The SMILES string of the molecule is CCCCC(C)NCC(N)C(C)CCCC. The minimum absolute atomic E-state index is 0.315. The Balaban J connectivity index is 3.57. The molecule has 0 aromatic heterocycles. The van der Waals surface area contributed by atoms with Gasteiger partial charge in [-0.1, -0.05) is 46.5 Å². The average molecular weight is 228 g/mol. The molecule has 0 bridgehead atoms. The van der Waals surface area contributed by atoms with Gasteiger partial charge >= 0.3 is 0 Å². The molecule has 0 spiro atoms. The Morgan fingerprint density at radius 1 is 1.00 bits per heavy atom. The minimum atomic E-state index is 0.315. The summed E-state index contributed by atoms with van der Waals surface area (Å²) in [5.41, 5.74) is 6.17. The van der Waals surface area contributed by atoms with E-state index in [1.807, 2.05) is 0 Å². The van der Waals surface area contributed by atoms with E-state index in [1.54, 1.807) is 0 Å². The number of rotatable bonds is 10. The molecule has 2 nitrogen and oxygen atoms in total. The van der Waals surface area contributed by atoms with Crippen molar-refractivity contribution in [1.82, 2.24) is 5.32 Å². The summed E-state index contributed by atoms with van der Waals surface area (Å²) in [6.07, 6.45) is 7.71. The largest absolute Gasteiger partial charge is 0.326 e. The van der Waals surface area contributed by atoms with Crippen molar-refractivity contribution in [3.05, 3.63) is 0 Å². The first-order valence-corrected chi connectivity index (χ1v) is 7.10. The zero-order valence-corrected chi connectivity index (χ0v) is 11.8. The molecule has 0 aliphatic carbocycles. The lowest BCUT2D eigenvalue weighted by molar-refractivity contribution is 0.373. The molecule has 98 valence electrons. The van der Waals surface area contributed by atoms with Crippen LogP contribution < -0.4 is 11.1 Å². The standard InChI is InChI=1S/C14H32N2/c1-5-7-9-12(3)14(15)11-16-13(4)10-8-6-2/h12-14,16H,5-11,15H2,1-4H3. The van der Waals surface area contributed by atoms with Crippen LogP contribution in [-0.4, -0.2) is 18.6 Å². The third-order valence-corrected chi connectivity index (χ3v) is 3.44. The fourth-order valence-corrected chi connectivity index (χ4v) is 1.89. The predicted molar refractivity (Wildman–Crippen MR) is 73.7 cm³/mol. The summed E-state index contributed by atoms with van der Waals surface area (Å²) < 4.78 is 0. The minimum Gasteiger partial charge on any atom is -0.326 e. The van der Waals surface area contributed by atoms with Gasteiger partial charge in [-0.15, -0.1) is 0 Å². The van der Waals surface area contributed by atoms with E-state index >= 15 is 0 Å². The van der Waals surface area contributed by atoms with Crippen LogP contribution in [0.3, 0.4) is 0 Å². The van der Waals surface area contributed by atoms with Gasteiger partial charge in [0, 0.05) is 18.6 Å². The molecule has 0 fully saturated rings. The van der Waals surface area contributed by atoms with Gasteiger partial charge in [-0.25, -0.2) is 0 Å². The van der Waals surface area contributed by atoms with Gasteiger partial charge < -0.3 is 11.1 Å². The highest BCUT2D eigenvalue weighted by Crippen LogP contribution is 2.10. The van der Waals surface area contributed by atoms with Gasteiger partial charge in [0.15, 0.2) is 0 Å². The zero-order valence-electron chi connectivity index (χ0n) is 11.8. The van der Waals surface area contributed by atoms with E-state index in [-0.39, 0.29) is 0 Å². The Hall–Kier alpha value is -0.0800. The molecule has 0 aromatic carbocycles. The van der Waals surface area contributed by atoms with E-state index in [4.69, 9.17) is 5.73 Å². The second-order valence-electron chi connectivity index (χ2n) is 5.23. The summed E-state index contributed by atoms with van der Waals surface area (Å²) in [5.74, 6) is 0.644. The Labute approximate surface area is 102 Å². The molecule has 0 amide bonds. The lowest BCUT2D eigenvalue weighted by Crippen LogP contribution is -2.42. The zero-order chi connectivity index (χ0) is 12.4. The quantitative estimate of drug-likeness (QED) is 0.602. The van der Waals surface area contributed by atoms with Crippen molar-refractivity contribution < 1.29 is 0 Å². The monoisotopic (exact) mass is 228 g/mol. The molecule has 0 saturated heterocycles. The van der Waals surface area contributed by atoms with E-state index in [0.29, 0.717) is 18.0 Å². The van der Waals surface area contributed by atoms with Crippen LogP contribution in [0, 0.1) is 5.92 Å². The second-order valence-corrected chi connectivity index (χ2v) is 5.23. The molecule has 0 aliphatic rings. The first-order valence-electron chi connectivity index (χ1n) is 7.10. The molecule has 16 heavy (non-hydrogen) atoms. The van der Waals surface area contributed by atoms with Crippen LogP contribution in [0.5, 0.6) is 0 Å². The van der Waals surface area contributed by atoms with Crippen LogP contribution in [0.15, 0.2) is 0 Å². The van der Waals surface area contributed by atoms with Crippen LogP contribution >= 0.6 is 0 Å². The summed E-state index contributed by atoms with van der Waals surface area (Å²) in [4.78, 5) is 0. The number of hydrogen-bond acceptors (Lipinski definition) is 2. The van der Waals surface area contributed by atoms with E-state index < -0.39 is 0 Å². The van der Waals surface area contributed by atoms with Crippen LogP contribution in [0.2, 0.25) is 0 Å². The molecule has 3 unspecified atom stereocenters. The Bertz CT molecular complexity index is 148. The van der Waals surface area contributed by atoms with Gasteiger partial charge in [-0.2, -0.15) is 0 Å². The molecule has 0 aromatic rings. The van der Waals surface area contributed by atoms with Crippen LogP contribution in [0.4, 0.5) is 0 Å². The maximum Gasteiger partial charge on any atom is 0.0191 e. The van der Waals surface area contributed by atoms with Crippen LogP contribution in [0.25, 0.3) is 0 Å². The molecular weight excluding hydrogens is 196 g/mol. The topological polar surface area (TPSA) is 38.0 Å². The lowest BCUT2D eigenvalue weighted by atomic mass is 9.96. The Kier molecular flexibility index (Phi) is 10.0. The fraction of sp³-hybridized carbons (Fsp3) is 1.00. The molecule has 2 heteroatoms. The molecule has 3 N–H and O–H groups in total. The molecule has 0 aliphatic heterocycles. The molecular formula is C14H32N2. The third-order valence-electron chi connectivity index (χ3n) is 3.44. The van der Waals surface area contributed by atoms with Crippen molar-refractivity contribution in [2.24, 2.45) is 11.7 Å². The summed E-state index contributed by atoms with van der Waals surface area (Å²) in [5, 5.41) is 3.55. The highest BCUT2D eigenvalue weighted by Gasteiger charge is 2.12. The summed E-state index contributed by atoms with van der Waals surface area (Å²) >= 11 is 0. The van der Waals surface area contributed by atoms with Crippen molar-refractivity contribution in [3.63, 3.8) is 0 Å². The summed E-state index contributed by atoms with van der Waals surface area (Å²) in [7, 11) is 0. The first kappa shape index (κ1) is 15.9. The summed E-state index contributed by atoms with van der Waals surface area (Å²) in [6, 6.07) is 0.931. The normalized spacial score (nSPS) is 17.1. The first-order chi connectivity index (χ1) is 7.61. The van der Waals surface area contributed by atoms with Gasteiger partial charge in [0.1, 0.15) is 0 Å².